The maximum Gasteiger partial charge on any atom is 0.229 e. The van der Waals surface area contributed by atoms with E-state index in [1.54, 1.807) is 29.2 Å². The Labute approximate surface area is 152 Å². The molecule has 1 aliphatic heterocycles. The zero-order chi connectivity index (χ0) is 18.5. The third-order valence-electron chi connectivity index (χ3n) is 4.21. The maximum absolute atomic E-state index is 12.5. The van der Waals surface area contributed by atoms with Gasteiger partial charge in [-0.15, -0.1) is 0 Å². The minimum absolute atomic E-state index is 0.108. The summed E-state index contributed by atoms with van der Waals surface area (Å²) in [6.07, 6.45) is 0.143. The largest absolute Gasteiger partial charge is 0.492 e. The molecule has 1 atom stereocenters. The number of hydrogen-bond donors (Lipinski definition) is 1. The summed E-state index contributed by atoms with van der Waals surface area (Å²) in [7, 11) is 0. The molecule has 0 radical (unpaired) electrons. The van der Waals surface area contributed by atoms with Crippen molar-refractivity contribution in [1.29, 1.82) is 5.26 Å². The van der Waals surface area contributed by atoms with Crippen LogP contribution in [0.25, 0.3) is 0 Å². The molecular formula is C20H19N3O3. The van der Waals surface area contributed by atoms with E-state index in [9.17, 15) is 9.59 Å². The third-order valence-corrected chi connectivity index (χ3v) is 4.21. The molecule has 2 aromatic rings. The third kappa shape index (κ3) is 3.67. The Bertz CT molecular complexity index is 873. The number of carbonyl (C=O) groups is 2. The summed E-state index contributed by atoms with van der Waals surface area (Å²) in [6.45, 7) is 2.68. The molecule has 2 amide bonds. The van der Waals surface area contributed by atoms with Crippen molar-refractivity contribution >= 4 is 23.2 Å². The Morgan fingerprint density at radius 1 is 1.31 bits per heavy atom. The zero-order valence-corrected chi connectivity index (χ0v) is 14.4. The molecule has 6 nitrogen and oxygen atoms in total. The van der Waals surface area contributed by atoms with Crippen LogP contribution in [-0.2, 0) is 9.59 Å². The SMILES string of the molecule is CCOc1ccccc1N1C[C@@H](C(=O)Nc2cccc(C#N)c2)CC1=O. The monoisotopic (exact) mass is 349 g/mol. The van der Waals surface area contributed by atoms with Crippen molar-refractivity contribution < 1.29 is 14.3 Å². The van der Waals surface area contributed by atoms with Crippen LogP contribution in [-0.4, -0.2) is 25.0 Å². The average molecular weight is 349 g/mol. The van der Waals surface area contributed by atoms with Crippen LogP contribution in [0.4, 0.5) is 11.4 Å². The zero-order valence-electron chi connectivity index (χ0n) is 14.4. The molecule has 1 fully saturated rings. The predicted octanol–water partition coefficient (Wildman–Crippen LogP) is 2.95. The first kappa shape index (κ1) is 17.5. The lowest BCUT2D eigenvalue weighted by Crippen LogP contribution is -2.28. The Kier molecular flexibility index (Phi) is 5.18. The van der Waals surface area contributed by atoms with Crippen molar-refractivity contribution in [3.63, 3.8) is 0 Å². The molecule has 0 aromatic heterocycles. The van der Waals surface area contributed by atoms with Crippen molar-refractivity contribution in [3.05, 3.63) is 54.1 Å². The molecule has 0 aliphatic carbocycles. The summed E-state index contributed by atoms with van der Waals surface area (Å²) in [5, 5.41) is 11.7. The highest BCUT2D eigenvalue weighted by Gasteiger charge is 2.36. The molecule has 0 saturated carbocycles. The highest BCUT2D eigenvalue weighted by molar-refractivity contribution is 6.04. The molecule has 6 heteroatoms. The van der Waals surface area contributed by atoms with E-state index < -0.39 is 5.92 Å². The van der Waals surface area contributed by atoms with Crippen LogP contribution in [0.5, 0.6) is 5.75 Å². The van der Waals surface area contributed by atoms with Gasteiger partial charge in [0.25, 0.3) is 0 Å². The normalized spacial score (nSPS) is 16.2. The van der Waals surface area contributed by atoms with Crippen molar-refractivity contribution in [1.82, 2.24) is 0 Å². The second-order valence-electron chi connectivity index (χ2n) is 5.99. The lowest BCUT2D eigenvalue weighted by Gasteiger charge is -2.20. The topological polar surface area (TPSA) is 82.4 Å². The summed E-state index contributed by atoms with van der Waals surface area (Å²) in [5.74, 6) is -0.165. The van der Waals surface area contributed by atoms with Crippen molar-refractivity contribution in [2.45, 2.75) is 13.3 Å². The summed E-state index contributed by atoms with van der Waals surface area (Å²) in [6, 6.07) is 16.1. The Morgan fingerprint density at radius 3 is 2.88 bits per heavy atom. The number of para-hydroxylation sites is 2. The van der Waals surface area contributed by atoms with E-state index in [-0.39, 0.29) is 18.2 Å². The first-order valence-electron chi connectivity index (χ1n) is 8.45. The molecule has 0 unspecified atom stereocenters. The minimum atomic E-state index is -0.456. The summed E-state index contributed by atoms with van der Waals surface area (Å²) in [4.78, 5) is 26.6. The molecule has 2 aromatic carbocycles. The van der Waals surface area contributed by atoms with Gasteiger partial charge in [-0.1, -0.05) is 18.2 Å². The van der Waals surface area contributed by atoms with Crippen LogP contribution < -0.4 is 15.0 Å². The van der Waals surface area contributed by atoms with E-state index in [0.29, 0.717) is 35.8 Å². The lowest BCUT2D eigenvalue weighted by atomic mass is 10.1. The van der Waals surface area contributed by atoms with Crippen molar-refractivity contribution in [2.24, 2.45) is 5.92 Å². The van der Waals surface area contributed by atoms with Gasteiger partial charge in [-0.3, -0.25) is 9.59 Å². The highest BCUT2D eigenvalue weighted by Crippen LogP contribution is 2.33. The molecule has 0 spiro atoms. The molecule has 0 bridgehead atoms. The van der Waals surface area contributed by atoms with E-state index in [4.69, 9.17) is 10.00 Å². The van der Waals surface area contributed by atoms with Gasteiger partial charge >= 0.3 is 0 Å². The number of benzene rings is 2. The molecule has 1 saturated heterocycles. The summed E-state index contributed by atoms with van der Waals surface area (Å²) >= 11 is 0. The fourth-order valence-electron chi connectivity index (χ4n) is 2.98. The Hall–Kier alpha value is -3.33. The van der Waals surface area contributed by atoms with Gasteiger partial charge in [0.2, 0.25) is 11.8 Å². The molecule has 3 rings (SSSR count). The average Bonchev–Trinajstić information content (AvgIpc) is 3.04. The van der Waals surface area contributed by atoms with Crippen LogP contribution in [0.3, 0.4) is 0 Å². The van der Waals surface area contributed by atoms with Crippen LogP contribution in [0, 0.1) is 17.2 Å². The van der Waals surface area contributed by atoms with E-state index in [1.165, 1.54) is 0 Å². The Morgan fingerprint density at radius 2 is 2.12 bits per heavy atom. The standard InChI is InChI=1S/C20H19N3O3/c1-2-26-18-9-4-3-8-17(18)23-13-15(11-19(23)24)20(25)22-16-7-5-6-14(10-16)12-21/h3-10,15H,2,11,13H2,1H3,(H,22,25)/t15-/m0/s1. The fourth-order valence-corrected chi connectivity index (χ4v) is 2.98. The quantitative estimate of drug-likeness (QED) is 0.900. The van der Waals surface area contributed by atoms with Crippen LogP contribution in [0.1, 0.15) is 18.9 Å². The number of nitrogens with zero attached hydrogens (tertiary/aromatic N) is 2. The van der Waals surface area contributed by atoms with Crippen molar-refractivity contribution in [2.75, 3.05) is 23.4 Å². The molecule has 1 N–H and O–H groups in total. The number of rotatable bonds is 5. The van der Waals surface area contributed by atoms with Gasteiger partial charge in [-0.05, 0) is 37.3 Å². The first-order chi connectivity index (χ1) is 12.6. The molecule has 132 valence electrons. The van der Waals surface area contributed by atoms with Gasteiger partial charge in [0.05, 0.1) is 29.8 Å². The van der Waals surface area contributed by atoms with E-state index >= 15 is 0 Å². The Balaban J connectivity index is 1.73. The van der Waals surface area contributed by atoms with Gasteiger partial charge in [-0.2, -0.15) is 5.26 Å². The number of nitriles is 1. The summed E-state index contributed by atoms with van der Waals surface area (Å²) in [5.41, 5.74) is 1.70. The summed E-state index contributed by atoms with van der Waals surface area (Å²) < 4.78 is 5.59. The smallest absolute Gasteiger partial charge is 0.229 e. The van der Waals surface area contributed by atoms with Crippen LogP contribution >= 0.6 is 0 Å². The van der Waals surface area contributed by atoms with Crippen molar-refractivity contribution in [3.8, 4) is 11.8 Å². The van der Waals surface area contributed by atoms with E-state index in [2.05, 4.69) is 5.32 Å². The van der Waals surface area contributed by atoms with Crippen LogP contribution in [0.2, 0.25) is 0 Å². The second-order valence-corrected chi connectivity index (χ2v) is 5.99. The van der Waals surface area contributed by atoms with Gasteiger partial charge in [0.15, 0.2) is 0 Å². The number of amides is 2. The van der Waals surface area contributed by atoms with Gasteiger partial charge < -0.3 is 15.0 Å². The molecule has 26 heavy (non-hydrogen) atoms. The van der Waals surface area contributed by atoms with Crippen LogP contribution in [0.15, 0.2) is 48.5 Å². The van der Waals surface area contributed by atoms with Gasteiger partial charge in [0.1, 0.15) is 5.75 Å². The highest BCUT2D eigenvalue weighted by atomic mass is 16.5. The fraction of sp³-hybridized carbons (Fsp3) is 0.250. The number of ether oxygens (including phenoxy) is 1. The number of anilines is 2. The van der Waals surface area contributed by atoms with Gasteiger partial charge in [-0.25, -0.2) is 0 Å². The second kappa shape index (κ2) is 7.70. The first-order valence-corrected chi connectivity index (χ1v) is 8.45. The minimum Gasteiger partial charge on any atom is -0.492 e. The number of hydrogen-bond acceptors (Lipinski definition) is 4. The van der Waals surface area contributed by atoms with E-state index in [1.807, 2.05) is 37.3 Å². The number of carbonyl (C=O) groups excluding carboxylic acids is 2. The molecule has 1 heterocycles. The molecule has 1 aliphatic rings. The van der Waals surface area contributed by atoms with Gasteiger partial charge in [0, 0.05) is 18.7 Å². The maximum atomic E-state index is 12.5. The lowest BCUT2D eigenvalue weighted by molar-refractivity contribution is -0.122. The van der Waals surface area contributed by atoms with E-state index in [0.717, 1.165) is 0 Å². The molecular weight excluding hydrogens is 330 g/mol. The number of nitrogens with one attached hydrogen (secondary N) is 1. The predicted molar refractivity (Wildman–Crippen MR) is 97.9 cm³/mol.